The smallest absolute Gasteiger partial charge is 0.110 e. The molecule has 84 valence electrons. The summed E-state index contributed by atoms with van der Waals surface area (Å²) in [6.07, 6.45) is 0. The van der Waals surface area contributed by atoms with Crippen LogP contribution in [0.25, 0.3) is 11.3 Å². The molecule has 0 fully saturated rings. The number of imidazole rings is 1. The van der Waals surface area contributed by atoms with E-state index < -0.39 is 0 Å². The number of nitrogens with one attached hydrogen (secondary N) is 1. The molecule has 0 spiro atoms. The Kier molecular flexibility index (Phi) is 2.89. The van der Waals surface area contributed by atoms with Crippen LogP contribution in [0.5, 0.6) is 0 Å². The lowest BCUT2D eigenvalue weighted by Crippen LogP contribution is -1.89. The summed E-state index contributed by atoms with van der Waals surface area (Å²) in [5.74, 6) is 0.930. The molecule has 1 heterocycles. The van der Waals surface area contributed by atoms with Crippen LogP contribution in [0, 0.1) is 27.7 Å². The summed E-state index contributed by atoms with van der Waals surface area (Å²) in [7, 11) is 0. The quantitative estimate of drug-likeness (QED) is 0.837. The van der Waals surface area contributed by atoms with E-state index in [1.54, 1.807) is 0 Å². The minimum Gasteiger partial charge on any atom is -0.336 e. The normalized spacial score (nSPS) is 10.8. The first-order valence-electron chi connectivity index (χ1n) is 5.29. The van der Waals surface area contributed by atoms with Gasteiger partial charge in [0.1, 0.15) is 16.1 Å². The second-order valence-electron chi connectivity index (χ2n) is 4.24. The van der Waals surface area contributed by atoms with Gasteiger partial charge in [-0.2, -0.15) is 0 Å². The highest BCUT2D eigenvalue weighted by atomic mass is 79.9. The van der Waals surface area contributed by atoms with Crippen LogP contribution in [0.2, 0.25) is 0 Å². The molecule has 0 saturated heterocycles. The molecule has 0 unspecified atom stereocenters. The highest BCUT2D eigenvalue weighted by molar-refractivity contribution is 9.10. The Labute approximate surface area is 104 Å². The van der Waals surface area contributed by atoms with Gasteiger partial charge in [0.05, 0.1) is 0 Å². The number of aromatic nitrogens is 2. The lowest BCUT2D eigenvalue weighted by atomic mass is 9.99. The molecule has 0 bridgehead atoms. The van der Waals surface area contributed by atoms with E-state index in [0.29, 0.717) is 0 Å². The first-order valence-corrected chi connectivity index (χ1v) is 6.08. The van der Waals surface area contributed by atoms with Gasteiger partial charge < -0.3 is 4.98 Å². The molecule has 2 aromatic rings. The monoisotopic (exact) mass is 278 g/mol. The van der Waals surface area contributed by atoms with E-state index in [2.05, 4.69) is 58.8 Å². The Bertz CT molecular complexity index is 541. The van der Waals surface area contributed by atoms with Gasteiger partial charge in [0, 0.05) is 5.56 Å². The predicted molar refractivity (Wildman–Crippen MR) is 70.7 cm³/mol. The molecule has 2 rings (SSSR count). The minimum absolute atomic E-state index is 0.930. The number of H-pyrrole nitrogens is 1. The summed E-state index contributed by atoms with van der Waals surface area (Å²) < 4.78 is 0.955. The number of aromatic amines is 1. The second-order valence-corrected chi connectivity index (χ2v) is 5.03. The fourth-order valence-electron chi connectivity index (χ4n) is 1.86. The Hall–Kier alpha value is -1.09. The molecule has 1 aromatic carbocycles. The van der Waals surface area contributed by atoms with E-state index in [1.807, 2.05) is 6.92 Å². The molecule has 0 radical (unpaired) electrons. The Balaban J connectivity index is 2.64. The summed E-state index contributed by atoms with van der Waals surface area (Å²) >= 11 is 3.51. The number of benzene rings is 1. The molecule has 1 N–H and O–H groups in total. The number of halogens is 1. The van der Waals surface area contributed by atoms with E-state index in [-0.39, 0.29) is 0 Å². The maximum Gasteiger partial charge on any atom is 0.110 e. The number of nitrogens with zero attached hydrogens (tertiary/aromatic N) is 1. The summed E-state index contributed by atoms with van der Waals surface area (Å²) in [6, 6.07) is 4.41. The predicted octanol–water partition coefficient (Wildman–Crippen LogP) is 4.07. The third-order valence-electron chi connectivity index (χ3n) is 2.87. The summed E-state index contributed by atoms with van der Waals surface area (Å²) in [4.78, 5) is 7.68. The molecular formula is C13H15BrN2. The molecule has 1 aromatic heterocycles. The lowest BCUT2D eigenvalue weighted by Gasteiger charge is -2.08. The van der Waals surface area contributed by atoms with Gasteiger partial charge in [-0.1, -0.05) is 6.07 Å². The molecule has 0 atom stereocenters. The number of aryl methyl sites for hydroxylation is 4. The fraction of sp³-hybridized carbons (Fsp3) is 0.308. The van der Waals surface area contributed by atoms with Crippen molar-refractivity contribution in [2.45, 2.75) is 27.7 Å². The zero-order valence-electron chi connectivity index (χ0n) is 9.98. The van der Waals surface area contributed by atoms with Crippen LogP contribution in [-0.2, 0) is 0 Å². The van der Waals surface area contributed by atoms with Gasteiger partial charge in [-0.3, -0.25) is 0 Å². The number of hydrogen-bond acceptors (Lipinski definition) is 1. The van der Waals surface area contributed by atoms with Gasteiger partial charge in [-0.25, -0.2) is 4.98 Å². The minimum atomic E-state index is 0.930. The Morgan fingerprint density at radius 3 is 2.19 bits per heavy atom. The van der Waals surface area contributed by atoms with E-state index in [4.69, 9.17) is 0 Å². The zero-order chi connectivity index (χ0) is 11.9. The van der Waals surface area contributed by atoms with Gasteiger partial charge in [-0.15, -0.1) is 0 Å². The standard InChI is InChI=1S/C13H15BrN2/c1-7-5-9(3)11(6-8(7)2)12-13(14)16-10(4)15-12/h5-6H,1-4H3,(H,15,16). The van der Waals surface area contributed by atoms with Gasteiger partial charge in [0.15, 0.2) is 0 Å². The molecule has 0 amide bonds. The average molecular weight is 279 g/mol. The van der Waals surface area contributed by atoms with Crippen LogP contribution < -0.4 is 0 Å². The van der Waals surface area contributed by atoms with Gasteiger partial charge in [-0.05, 0) is 66.4 Å². The van der Waals surface area contributed by atoms with Gasteiger partial charge >= 0.3 is 0 Å². The summed E-state index contributed by atoms with van der Waals surface area (Å²) in [5.41, 5.74) is 6.07. The van der Waals surface area contributed by atoms with Crippen molar-refractivity contribution >= 4 is 15.9 Å². The Morgan fingerprint density at radius 2 is 1.62 bits per heavy atom. The first-order chi connectivity index (χ1) is 7.49. The number of rotatable bonds is 1. The molecule has 0 saturated carbocycles. The van der Waals surface area contributed by atoms with E-state index >= 15 is 0 Å². The van der Waals surface area contributed by atoms with Crippen molar-refractivity contribution in [3.63, 3.8) is 0 Å². The Morgan fingerprint density at radius 1 is 1.00 bits per heavy atom. The molecule has 0 aliphatic carbocycles. The average Bonchev–Trinajstić information content (AvgIpc) is 2.51. The summed E-state index contributed by atoms with van der Waals surface area (Å²) in [6.45, 7) is 8.35. The van der Waals surface area contributed by atoms with Gasteiger partial charge in [0.25, 0.3) is 0 Å². The van der Waals surface area contributed by atoms with Gasteiger partial charge in [0.2, 0.25) is 0 Å². The van der Waals surface area contributed by atoms with Crippen molar-refractivity contribution < 1.29 is 0 Å². The number of hydrogen-bond donors (Lipinski definition) is 1. The summed E-state index contributed by atoms with van der Waals surface area (Å²) in [5, 5.41) is 0. The molecule has 2 nitrogen and oxygen atoms in total. The largest absolute Gasteiger partial charge is 0.336 e. The van der Waals surface area contributed by atoms with Crippen LogP contribution in [0.15, 0.2) is 16.7 Å². The fourth-order valence-corrected chi connectivity index (χ4v) is 2.45. The zero-order valence-corrected chi connectivity index (χ0v) is 11.6. The van der Waals surface area contributed by atoms with Crippen LogP contribution in [0.1, 0.15) is 22.5 Å². The lowest BCUT2D eigenvalue weighted by molar-refractivity contribution is 1.14. The molecule has 0 aliphatic heterocycles. The van der Waals surface area contributed by atoms with E-state index in [1.165, 1.54) is 22.3 Å². The van der Waals surface area contributed by atoms with Crippen molar-refractivity contribution in [1.82, 2.24) is 9.97 Å². The molecule has 0 aliphatic rings. The van der Waals surface area contributed by atoms with Crippen molar-refractivity contribution in [1.29, 1.82) is 0 Å². The van der Waals surface area contributed by atoms with Crippen molar-refractivity contribution in [2.75, 3.05) is 0 Å². The van der Waals surface area contributed by atoms with Crippen LogP contribution in [0.3, 0.4) is 0 Å². The van der Waals surface area contributed by atoms with Crippen LogP contribution in [0.4, 0.5) is 0 Å². The van der Waals surface area contributed by atoms with E-state index in [0.717, 1.165) is 16.1 Å². The molecular weight excluding hydrogens is 264 g/mol. The SMILES string of the molecule is Cc1nc(-c2cc(C)c(C)cc2C)c(Br)[nH]1. The van der Waals surface area contributed by atoms with Crippen LogP contribution >= 0.6 is 15.9 Å². The molecule has 3 heteroatoms. The second kappa shape index (κ2) is 4.06. The van der Waals surface area contributed by atoms with Crippen molar-refractivity contribution in [3.05, 3.63) is 39.3 Å². The van der Waals surface area contributed by atoms with Crippen LogP contribution in [-0.4, -0.2) is 9.97 Å². The molecule has 16 heavy (non-hydrogen) atoms. The highest BCUT2D eigenvalue weighted by Crippen LogP contribution is 2.30. The van der Waals surface area contributed by atoms with E-state index in [9.17, 15) is 0 Å². The highest BCUT2D eigenvalue weighted by Gasteiger charge is 2.11. The maximum absolute atomic E-state index is 4.51. The third kappa shape index (κ3) is 1.92. The topological polar surface area (TPSA) is 28.7 Å². The van der Waals surface area contributed by atoms with Crippen molar-refractivity contribution in [2.24, 2.45) is 0 Å². The maximum atomic E-state index is 4.51. The first kappa shape index (κ1) is 11.4. The van der Waals surface area contributed by atoms with Crippen molar-refractivity contribution in [3.8, 4) is 11.3 Å². The third-order valence-corrected chi connectivity index (χ3v) is 3.45.